The average Bonchev–Trinajstić information content (AvgIpc) is 2.23. The van der Waals surface area contributed by atoms with E-state index in [2.05, 4.69) is 4.99 Å². The molecule has 1 aliphatic heterocycles. The summed E-state index contributed by atoms with van der Waals surface area (Å²) in [4.78, 5) is 16.2. The number of hydrogen-bond acceptors (Lipinski definition) is 4. The molecule has 0 bridgehead atoms. The molecule has 1 aromatic rings. The van der Waals surface area contributed by atoms with Gasteiger partial charge in [0.25, 0.3) is 5.91 Å². The number of hydrogen-bond donors (Lipinski definition) is 2. The van der Waals surface area contributed by atoms with E-state index in [-0.39, 0.29) is 22.2 Å². The van der Waals surface area contributed by atoms with Crippen molar-refractivity contribution in [2.45, 2.75) is 35.3 Å². The first-order valence-corrected chi connectivity index (χ1v) is 8.69. The highest BCUT2D eigenvalue weighted by Gasteiger charge is 2.37. The number of sulfone groups is 1. The molecule has 0 fully saturated rings. The van der Waals surface area contributed by atoms with Gasteiger partial charge in [0, 0.05) is 15.2 Å². The lowest BCUT2D eigenvalue weighted by atomic mass is 10.1. The Morgan fingerprint density at radius 3 is 2.52 bits per heavy atom. The van der Waals surface area contributed by atoms with Gasteiger partial charge in [-0.05, 0) is 38.5 Å². The average molecular weight is 327 g/mol. The zero-order valence-electron chi connectivity index (χ0n) is 12.0. The molecule has 0 aromatic heterocycles. The molecule has 0 aliphatic carbocycles. The van der Waals surface area contributed by atoms with Gasteiger partial charge in [0.05, 0.1) is 10.6 Å². The van der Waals surface area contributed by atoms with E-state index in [0.29, 0.717) is 10.5 Å². The topological polar surface area (TPSA) is 116 Å². The van der Waals surface area contributed by atoms with E-state index in [1.54, 1.807) is 13.0 Å². The maximum Gasteiger partial charge on any atom is 0.280 e. The molecule has 1 amide bonds. The third-order valence-corrected chi connectivity index (χ3v) is 6.69. The summed E-state index contributed by atoms with van der Waals surface area (Å²) in [5, 5.41) is 0. The van der Waals surface area contributed by atoms with Crippen LogP contribution >= 0.6 is 11.8 Å². The Hall–Kier alpha value is -1.54. The molecule has 0 spiro atoms. The first kappa shape index (κ1) is 15.8. The molecule has 0 saturated heterocycles. The van der Waals surface area contributed by atoms with Gasteiger partial charge in [-0.2, -0.15) is 4.99 Å². The van der Waals surface area contributed by atoms with Gasteiger partial charge in [-0.15, -0.1) is 11.8 Å². The highest BCUT2D eigenvalue weighted by atomic mass is 32.2. The summed E-state index contributed by atoms with van der Waals surface area (Å²) in [7, 11) is -3.43. The number of guanidine groups is 1. The summed E-state index contributed by atoms with van der Waals surface area (Å²) in [5.74, 6) is -0.966. The molecule has 0 saturated carbocycles. The minimum atomic E-state index is -3.43. The Bertz CT molecular complexity index is 748. The van der Waals surface area contributed by atoms with Crippen molar-refractivity contribution in [2.24, 2.45) is 16.5 Å². The lowest BCUT2D eigenvalue weighted by Gasteiger charge is -2.30. The van der Waals surface area contributed by atoms with Crippen LogP contribution < -0.4 is 11.5 Å². The van der Waals surface area contributed by atoms with Crippen molar-refractivity contribution < 1.29 is 13.2 Å². The predicted octanol–water partition coefficient (Wildman–Crippen LogP) is 1.07. The van der Waals surface area contributed by atoms with Crippen molar-refractivity contribution in [1.29, 1.82) is 0 Å². The summed E-state index contributed by atoms with van der Waals surface area (Å²) in [6.45, 7) is 5.49. The molecule has 0 radical (unpaired) electrons. The summed E-state index contributed by atoms with van der Waals surface area (Å²) in [6.07, 6.45) is 0. The Kier molecular flexibility index (Phi) is 3.79. The van der Waals surface area contributed by atoms with Crippen molar-refractivity contribution in [3.8, 4) is 0 Å². The number of rotatable bonds is 1. The van der Waals surface area contributed by atoms with E-state index in [4.69, 9.17) is 11.5 Å². The molecule has 1 aromatic carbocycles. The maximum absolute atomic E-state index is 12.4. The van der Waals surface area contributed by atoms with Crippen LogP contribution in [0.5, 0.6) is 0 Å². The lowest BCUT2D eigenvalue weighted by molar-refractivity contribution is 0.100. The molecule has 0 unspecified atom stereocenters. The summed E-state index contributed by atoms with van der Waals surface area (Å²) in [6, 6.07) is 3.07. The molecule has 6 nitrogen and oxygen atoms in total. The smallest absolute Gasteiger partial charge is 0.280 e. The summed E-state index contributed by atoms with van der Waals surface area (Å²) in [5.41, 5.74) is 11.2. The Balaban J connectivity index is 2.63. The van der Waals surface area contributed by atoms with Crippen LogP contribution in [0.1, 0.15) is 29.8 Å². The second-order valence-corrected chi connectivity index (χ2v) is 9.28. The minimum absolute atomic E-state index is 0.0245. The molecular weight excluding hydrogens is 310 g/mol. The third kappa shape index (κ3) is 3.21. The highest BCUT2D eigenvalue weighted by molar-refractivity contribution is 8.04. The van der Waals surface area contributed by atoms with Gasteiger partial charge in [0.15, 0.2) is 15.8 Å². The fourth-order valence-electron chi connectivity index (χ4n) is 2.25. The van der Waals surface area contributed by atoms with E-state index in [9.17, 15) is 13.2 Å². The van der Waals surface area contributed by atoms with Crippen LogP contribution in [0.15, 0.2) is 26.9 Å². The number of benzene rings is 1. The molecule has 1 heterocycles. The first-order chi connectivity index (χ1) is 9.52. The van der Waals surface area contributed by atoms with Gasteiger partial charge in [0.1, 0.15) is 0 Å². The number of nitrogens with two attached hydrogens (primary N) is 2. The Labute approximate surface area is 127 Å². The van der Waals surface area contributed by atoms with Crippen LogP contribution in [0.4, 0.5) is 0 Å². The van der Waals surface area contributed by atoms with E-state index >= 15 is 0 Å². The van der Waals surface area contributed by atoms with Gasteiger partial charge in [-0.3, -0.25) is 4.79 Å². The molecule has 21 heavy (non-hydrogen) atoms. The number of nitrogens with zero attached hydrogens (tertiary/aromatic N) is 1. The molecule has 4 N–H and O–H groups in total. The number of thioether (sulfide) groups is 1. The Morgan fingerprint density at radius 2 is 1.95 bits per heavy atom. The SMILES string of the molecule is Cc1cc2c(cc1C(=O)N=C(N)N)S(=O)(=O)CC(C)(C)S2. The van der Waals surface area contributed by atoms with Crippen LogP contribution in [0, 0.1) is 6.92 Å². The number of amides is 1. The van der Waals surface area contributed by atoms with Crippen molar-refractivity contribution in [1.82, 2.24) is 0 Å². The number of aliphatic imine (C=N–C) groups is 1. The molecular formula is C13H17N3O3S2. The van der Waals surface area contributed by atoms with Crippen LogP contribution in [0.2, 0.25) is 0 Å². The minimum Gasteiger partial charge on any atom is -0.370 e. The van der Waals surface area contributed by atoms with Crippen LogP contribution in [-0.4, -0.2) is 30.8 Å². The second kappa shape index (κ2) is 5.03. The van der Waals surface area contributed by atoms with Crippen molar-refractivity contribution in [2.75, 3.05) is 5.75 Å². The molecule has 114 valence electrons. The standard InChI is InChI=1S/C13H17N3O3S2/c1-7-4-9-10(5-8(7)11(17)16-12(14)15)21(18,19)6-13(2,3)20-9/h4-5H,6H2,1-3H3,(H4,14,15,16,17). The van der Waals surface area contributed by atoms with Gasteiger partial charge < -0.3 is 11.5 Å². The van der Waals surface area contributed by atoms with E-state index in [1.165, 1.54) is 17.8 Å². The Morgan fingerprint density at radius 1 is 1.33 bits per heavy atom. The molecule has 0 atom stereocenters. The second-order valence-electron chi connectivity index (χ2n) is 5.58. The number of carbonyl (C=O) groups is 1. The van der Waals surface area contributed by atoms with E-state index in [1.807, 2.05) is 13.8 Å². The summed E-state index contributed by atoms with van der Waals surface area (Å²) >= 11 is 1.49. The van der Waals surface area contributed by atoms with Crippen LogP contribution in [0.3, 0.4) is 0 Å². The van der Waals surface area contributed by atoms with Crippen molar-refractivity contribution >= 4 is 33.5 Å². The van der Waals surface area contributed by atoms with Gasteiger partial charge >= 0.3 is 0 Å². The first-order valence-electron chi connectivity index (χ1n) is 6.22. The van der Waals surface area contributed by atoms with E-state index < -0.39 is 20.5 Å². The number of fused-ring (bicyclic) bond motifs is 1. The fourth-order valence-corrected chi connectivity index (χ4v) is 6.19. The number of aryl methyl sites for hydroxylation is 1. The zero-order valence-corrected chi connectivity index (χ0v) is 13.6. The fraction of sp³-hybridized carbons (Fsp3) is 0.385. The number of carbonyl (C=O) groups excluding carboxylic acids is 1. The van der Waals surface area contributed by atoms with Gasteiger partial charge in [0.2, 0.25) is 0 Å². The van der Waals surface area contributed by atoms with Gasteiger partial charge in [-0.1, -0.05) is 0 Å². The monoisotopic (exact) mass is 327 g/mol. The molecule has 2 rings (SSSR count). The third-order valence-electron chi connectivity index (χ3n) is 3.01. The van der Waals surface area contributed by atoms with Crippen molar-refractivity contribution in [3.05, 3.63) is 23.3 Å². The maximum atomic E-state index is 12.4. The molecule has 8 heteroatoms. The highest BCUT2D eigenvalue weighted by Crippen LogP contribution is 2.44. The van der Waals surface area contributed by atoms with Crippen LogP contribution in [-0.2, 0) is 9.84 Å². The lowest BCUT2D eigenvalue weighted by Crippen LogP contribution is -2.31. The normalized spacial score (nSPS) is 18.6. The van der Waals surface area contributed by atoms with Gasteiger partial charge in [-0.25, -0.2) is 8.42 Å². The predicted molar refractivity (Wildman–Crippen MR) is 83.3 cm³/mol. The van der Waals surface area contributed by atoms with E-state index in [0.717, 1.165) is 0 Å². The quantitative estimate of drug-likeness (QED) is 0.589. The molecule has 1 aliphatic rings. The largest absolute Gasteiger partial charge is 0.370 e. The van der Waals surface area contributed by atoms with Crippen molar-refractivity contribution in [3.63, 3.8) is 0 Å². The van der Waals surface area contributed by atoms with Crippen LogP contribution in [0.25, 0.3) is 0 Å². The zero-order chi connectivity index (χ0) is 16.0. The summed E-state index contributed by atoms with van der Waals surface area (Å²) < 4.78 is 24.4.